The molecule has 2 aliphatic heterocycles. The Labute approximate surface area is 101 Å². The molecular weight excluding hydrogens is 217 g/mol. The molecule has 0 radical (unpaired) electrons. The summed E-state index contributed by atoms with van der Waals surface area (Å²) in [5, 5.41) is 3.43. The van der Waals surface area contributed by atoms with Crippen LogP contribution in [0.5, 0.6) is 0 Å². The topological polar surface area (TPSA) is 21.3 Å². The summed E-state index contributed by atoms with van der Waals surface area (Å²) < 4.78 is 19.9. The predicted octanol–water partition coefficient (Wildman–Crippen LogP) is 2.58. The van der Waals surface area contributed by atoms with E-state index in [2.05, 4.69) is 5.32 Å². The minimum Gasteiger partial charge on any atom is -0.372 e. The van der Waals surface area contributed by atoms with Gasteiger partial charge in [0.2, 0.25) is 0 Å². The molecule has 1 unspecified atom stereocenters. The first-order valence-electron chi connectivity index (χ1n) is 6.48. The van der Waals surface area contributed by atoms with Crippen LogP contribution in [0.1, 0.15) is 36.5 Å². The van der Waals surface area contributed by atoms with Crippen LogP contribution in [0.3, 0.4) is 0 Å². The fourth-order valence-corrected chi connectivity index (χ4v) is 2.96. The zero-order valence-electron chi connectivity index (χ0n) is 9.92. The van der Waals surface area contributed by atoms with Crippen molar-refractivity contribution >= 4 is 0 Å². The van der Waals surface area contributed by atoms with Crippen LogP contribution >= 0.6 is 0 Å². The summed E-state index contributed by atoms with van der Waals surface area (Å²) in [7, 11) is 0. The third-order valence-electron chi connectivity index (χ3n) is 3.78. The largest absolute Gasteiger partial charge is 0.372 e. The van der Waals surface area contributed by atoms with Crippen LogP contribution < -0.4 is 5.32 Å². The van der Waals surface area contributed by atoms with Gasteiger partial charge in [-0.05, 0) is 43.9 Å². The van der Waals surface area contributed by atoms with Gasteiger partial charge in [0.05, 0.1) is 0 Å². The molecule has 1 N–H and O–H groups in total. The quantitative estimate of drug-likeness (QED) is 0.807. The van der Waals surface area contributed by atoms with Crippen molar-refractivity contribution in [3.63, 3.8) is 0 Å². The number of rotatable bonds is 1. The maximum Gasteiger partial charge on any atom is 0.129 e. The van der Waals surface area contributed by atoms with Gasteiger partial charge in [0.15, 0.2) is 0 Å². The molecule has 92 valence electrons. The van der Waals surface area contributed by atoms with Crippen LogP contribution in [0, 0.1) is 5.82 Å². The smallest absolute Gasteiger partial charge is 0.129 e. The second-order valence-corrected chi connectivity index (χ2v) is 4.91. The molecule has 0 amide bonds. The Balaban J connectivity index is 1.99. The fourth-order valence-electron chi connectivity index (χ4n) is 2.96. The molecule has 1 fully saturated rings. The van der Waals surface area contributed by atoms with Crippen LogP contribution in [0.15, 0.2) is 18.2 Å². The Morgan fingerprint density at radius 2 is 2.24 bits per heavy atom. The lowest BCUT2D eigenvalue weighted by Crippen LogP contribution is -2.31. The standard InChI is InChI=1S/C14H18FNO/c15-11-6-1-4-10-5-3-9-17-14(13(10)11)12-7-2-8-16-12/h1,4,6,12,14,16H,2-3,5,7-9H2/t12?,14-/m0/s1. The first-order valence-corrected chi connectivity index (χ1v) is 6.48. The van der Waals surface area contributed by atoms with Crippen molar-refractivity contribution in [1.29, 1.82) is 0 Å². The van der Waals surface area contributed by atoms with E-state index >= 15 is 0 Å². The van der Waals surface area contributed by atoms with Gasteiger partial charge >= 0.3 is 0 Å². The van der Waals surface area contributed by atoms with Crippen molar-refractivity contribution in [2.75, 3.05) is 13.2 Å². The summed E-state index contributed by atoms with van der Waals surface area (Å²) in [6, 6.07) is 5.67. The Kier molecular flexibility index (Phi) is 3.12. The van der Waals surface area contributed by atoms with Crippen molar-refractivity contribution in [2.24, 2.45) is 0 Å². The Hall–Kier alpha value is -0.930. The molecule has 2 atom stereocenters. The highest BCUT2D eigenvalue weighted by Crippen LogP contribution is 2.33. The van der Waals surface area contributed by atoms with Crippen molar-refractivity contribution in [1.82, 2.24) is 5.32 Å². The zero-order chi connectivity index (χ0) is 11.7. The summed E-state index contributed by atoms with van der Waals surface area (Å²) in [4.78, 5) is 0. The average molecular weight is 235 g/mol. The van der Waals surface area contributed by atoms with Crippen LogP contribution in [-0.4, -0.2) is 19.2 Å². The number of hydrogen-bond acceptors (Lipinski definition) is 2. The predicted molar refractivity (Wildman–Crippen MR) is 64.4 cm³/mol. The highest BCUT2D eigenvalue weighted by Gasteiger charge is 2.31. The van der Waals surface area contributed by atoms with Crippen molar-refractivity contribution < 1.29 is 9.13 Å². The van der Waals surface area contributed by atoms with Gasteiger partial charge in [-0.3, -0.25) is 0 Å². The Morgan fingerprint density at radius 1 is 1.29 bits per heavy atom. The lowest BCUT2D eigenvalue weighted by Gasteiger charge is -2.24. The third kappa shape index (κ3) is 2.09. The highest BCUT2D eigenvalue weighted by atomic mass is 19.1. The molecule has 1 aromatic rings. The van der Waals surface area contributed by atoms with E-state index in [1.54, 1.807) is 12.1 Å². The van der Waals surface area contributed by atoms with Gasteiger partial charge in [-0.1, -0.05) is 12.1 Å². The van der Waals surface area contributed by atoms with Gasteiger partial charge in [-0.15, -0.1) is 0 Å². The van der Waals surface area contributed by atoms with Gasteiger partial charge in [0.1, 0.15) is 11.9 Å². The van der Waals surface area contributed by atoms with Crippen molar-refractivity contribution in [3.8, 4) is 0 Å². The molecule has 1 aromatic carbocycles. The summed E-state index contributed by atoms with van der Waals surface area (Å²) >= 11 is 0. The maximum atomic E-state index is 14.0. The molecule has 0 saturated carbocycles. The molecular formula is C14H18FNO. The number of ether oxygens (including phenoxy) is 1. The SMILES string of the molecule is Fc1cccc2c1[C@H](C1CCCN1)OCCC2. The number of nitrogens with one attached hydrogen (secondary N) is 1. The van der Waals surface area contributed by atoms with Crippen molar-refractivity contribution in [2.45, 2.75) is 37.8 Å². The average Bonchev–Trinajstić information content (AvgIpc) is 2.76. The molecule has 2 heterocycles. The number of fused-ring (bicyclic) bond motifs is 1. The summed E-state index contributed by atoms with van der Waals surface area (Å²) in [6.07, 6.45) is 4.05. The van der Waals surface area contributed by atoms with Crippen LogP contribution in [0.25, 0.3) is 0 Å². The van der Waals surface area contributed by atoms with Gasteiger partial charge < -0.3 is 10.1 Å². The highest BCUT2D eigenvalue weighted by molar-refractivity contribution is 5.32. The minimum absolute atomic E-state index is 0.101. The first kappa shape index (κ1) is 11.2. The summed E-state index contributed by atoms with van der Waals surface area (Å²) in [5.74, 6) is -0.108. The maximum absolute atomic E-state index is 14.0. The fraction of sp³-hybridized carbons (Fsp3) is 0.571. The molecule has 0 bridgehead atoms. The lowest BCUT2D eigenvalue weighted by atomic mass is 9.94. The molecule has 17 heavy (non-hydrogen) atoms. The Morgan fingerprint density at radius 3 is 3.06 bits per heavy atom. The van der Waals surface area contributed by atoms with E-state index in [0.717, 1.165) is 50.0 Å². The van der Waals surface area contributed by atoms with E-state index in [4.69, 9.17) is 4.74 Å². The number of hydrogen-bond donors (Lipinski definition) is 1. The van der Waals surface area contributed by atoms with E-state index in [-0.39, 0.29) is 18.0 Å². The van der Waals surface area contributed by atoms with Crippen LogP contribution in [0.4, 0.5) is 4.39 Å². The molecule has 2 aliphatic rings. The van der Waals surface area contributed by atoms with Gasteiger partial charge in [-0.2, -0.15) is 0 Å². The molecule has 0 aliphatic carbocycles. The van der Waals surface area contributed by atoms with E-state index in [0.29, 0.717) is 0 Å². The van der Waals surface area contributed by atoms with E-state index in [1.807, 2.05) is 6.07 Å². The van der Waals surface area contributed by atoms with Crippen LogP contribution in [0.2, 0.25) is 0 Å². The van der Waals surface area contributed by atoms with Crippen LogP contribution in [-0.2, 0) is 11.2 Å². The van der Waals surface area contributed by atoms with Gasteiger partial charge in [0, 0.05) is 18.2 Å². The molecule has 2 nitrogen and oxygen atoms in total. The van der Waals surface area contributed by atoms with E-state index < -0.39 is 0 Å². The summed E-state index contributed by atoms with van der Waals surface area (Å²) in [5.41, 5.74) is 1.92. The normalized spacial score (nSPS) is 28.8. The van der Waals surface area contributed by atoms with Gasteiger partial charge in [0.25, 0.3) is 0 Å². The molecule has 3 rings (SSSR count). The summed E-state index contributed by atoms with van der Waals surface area (Å²) in [6.45, 7) is 1.76. The number of benzene rings is 1. The second kappa shape index (κ2) is 4.75. The minimum atomic E-state index is -0.108. The lowest BCUT2D eigenvalue weighted by molar-refractivity contribution is 0.0312. The third-order valence-corrected chi connectivity index (χ3v) is 3.78. The first-order chi connectivity index (χ1) is 8.36. The van der Waals surface area contributed by atoms with Gasteiger partial charge in [-0.25, -0.2) is 4.39 Å². The monoisotopic (exact) mass is 235 g/mol. The molecule has 0 spiro atoms. The number of aryl methyl sites for hydroxylation is 1. The molecule has 0 aromatic heterocycles. The van der Waals surface area contributed by atoms with Crippen molar-refractivity contribution in [3.05, 3.63) is 35.1 Å². The second-order valence-electron chi connectivity index (χ2n) is 4.91. The Bertz CT molecular complexity index is 401. The number of halogens is 1. The zero-order valence-corrected chi connectivity index (χ0v) is 9.92. The van der Waals surface area contributed by atoms with E-state index in [9.17, 15) is 4.39 Å². The molecule has 3 heteroatoms. The van der Waals surface area contributed by atoms with E-state index in [1.165, 1.54) is 0 Å². The molecule has 1 saturated heterocycles.